The molecule has 2 aromatic rings. The van der Waals surface area contributed by atoms with Crippen molar-refractivity contribution in [1.82, 2.24) is 4.72 Å². The predicted octanol–water partition coefficient (Wildman–Crippen LogP) is 3.42. The molecule has 1 aromatic carbocycles. The van der Waals surface area contributed by atoms with Crippen molar-refractivity contribution in [3.8, 4) is 6.07 Å². The van der Waals surface area contributed by atoms with Gasteiger partial charge in [-0.25, -0.2) is 13.1 Å². The highest BCUT2D eigenvalue weighted by Crippen LogP contribution is 2.27. The monoisotopic (exact) mass is 370 g/mol. The van der Waals surface area contributed by atoms with Gasteiger partial charge in [0.2, 0.25) is 0 Å². The summed E-state index contributed by atoms with van der Waals surface area (Å²) >= 11 is 4.41. The van der Waals surface area contributed by atoms with Crippen LogP contribution in [0.4, 0.5) is 0 Å². The van der Waals surface area contributed by atoms with Crippen LogP contribution in [0, 0.1) is 11.3 Å². The molecule has 0 aliphatic heterocycles. The van der Waals surface area contributed by atoms with E-state index in [0.29, 0.717) is 5.56 Å². The summed E-state index contributed by atoms with van der Waals surface area (Å²) in [5.41, 5.74) is 1.36. The number of nitrogens with one attached hydrogen (secondary N) is 1. The zero-order valence-corrected chi connectivity index (χ0v) is 13.7. The average Bonchev–Trinajstić information content (AvgIpc) is 2.86. The number of nitrogens with zero attached hydrogens (tertiary/aromatic N) is 1. The fourth-order valence-electron chi connectivity index (χ4n) is 1.65. The van der Waals surface area contributed by atoms with Crippen molar-refractivity contribution in [2.45, 2.75) is 17.2 Å². The third-order valence-electron chi connectivity index (χ3n) is 2.69. The molecule has 7 heteroatoms. The van der Waals surface area contributed by atoms with Gasteiger partial charge < -0.3 is 0 Å². The lowest BCUT2D eigenvalue weighted by atomic mass is 10.1. The highest BCUT2D eigenvalue weighted by Gasteiger charge is 2.20. The van der Waals surface area contributed by atoms with E-state index in [1.807, 2.05) is 6.07 Å². The molecule has 4 nitrogen and oxygen atoms in total. The quantitative estimate of drug-likeness (QED) is 0.895. The highest BCUT2D eigenvalue weighted by atomic mass is 79.9. The van der Waals surface area contributed by atoms with E-state index < -0.39 is 10.0 Å². The normalized spacial score (nSPS) is 12.8. The first kappa shape index (κ1) is 15.2. The molecule has 0 saturated heterocycles. The number of hydrogen-bond acceptors (Lipinski definition) is 4. The lowest BCUT2D eigenvalue weighted by molar-refractivity contribution is 0.569. The topological polar surface area (TPSA) is 70.0 Å². The zero-order valence-electron chi connectivity index (χ0n) is 10.5. The van der Waals surface area contributed by atoms with E-state index in [9.17, 15) is 8.42 Å². The summed E-state index contributed by atoms with van der Waals surface area (Å²) in [5, 5.41) is 8.74. The van der Waals surface area contributed by atoms with Crippen LogP contribution in [-0.2, 0) is 10.0 Å². The van der Waals surface area contributed by atoms with Crippen molar-refractivity contribution in [2.24, 2.45) is 0 Å². The van der Waals surface area contributed by atoms with Gasteiger partial charge in [-0.1, -0.05) is 12.1 Å². The van der Waals surface area contributed by atoms with Gasteiger partial charge >= 0.3 is 0 Å². The molecule has 0 saturated carbocycles. The van der Waals surface area contributed by atoms with Gasteiger partial charge in [-0.3, -0.25) is 0 Å². The molecule has 0 aliphatic carbocycles. The number of thiophene rings is 1. The third-order valence-corrected chi connectivity index (χ3v) is 6.34. The number of benzene rings is 1. The standard InChI is InChI=1S/C13H11BrN2O2S2/c1-9(11-4-2-10(8-15)3-5-11)16-20(17,18)13-7-6-12(14)19-13/h2-7,9,16H,1H3. The van der Waals surface area contributed by atoms with Crippen molar-refractivity contribution in [3.05, 3.63) is 51.3 Å². The molecule has 1 unspecified atom stereocenters. The summed E-state index contributed by atoms with van der Waals surface area (Å²) in [6, 6.07) is 11.7. The van der Waals surface area contributed by atoms with Crippen LogP contribution >= 0.6 is 27.3 Å². The van der Waals surface area contributed by atoms with Crippen molar-refractivity contribution in [3.63, 3.8) is 0 Å². The van der Waals surface area contributed by atoms with Crippen LogP contribution in [0.15, 0.2) is 44.4 Å². The second kappa shape index (κ2) is 6.06. The third kappa shape index (κ3) is 3.46. The van der Waals surface area contributed by atoms with Crippen LogP contribution in [0.25, 0.3) is 0 Å². The summed E-state index contributed by atoms with van der Waals surface area (Å²) in [4.78, 5) is 0. The van der Waals surface area contributed by atoms with Crippen molar-refractivity contribution < 1.29 is 8.42 Å². The van der Waals surface area contributed by atoms with Crippen molar-refractivity contribution in [2.75, 3.05) is 0 Å². The molecule has 0 radical (unpaired) electrons. The number of halogens is 1. The van der Waals surface area contributed by atoms with Crippen molar-refractivity contribution >= 4 is 37.3 Å². The molecule has 1 atom stereocenters. The first-order chi connectivity index (χ1) is 9.42. The smallest absolute Gasteiger partial charge is 0.206 e. The van der Waals surface area contributed by atoms with Crippen LogP contribution in [0.3, 0.4) is 0 Å². The van der Waals surface area contributed by atoms with Crippen LogP contribution in [-0.4, -0.2) is 8.42 Å². The Morgan fingerprint density at radius 3 is 2.40 bits per heavy atom. The lowest BCUT2D eigenvalue weighted by Gasteiger charge is -2.13. The molecule has 0 fully saturated rings. The van der Waals surface area contributed by atoms with Gasteiger partial charge in [-0.2, -0.15) is 5.26 Å². The van der Waals surface area contributed by atoms with E-state index in [2.05, 4.69) is 20.7 Å². The fourth-order valence-corrected chi connectivity index (χ4v) is 4.91. The predicted molar refractivity (Wildman–Crippen MR) is 81.9 cm³/mol. The lowest BCUT2D eigenvalue weighted by Crippen LogP contribution is -2.26. The van der Waals surface area contributed by atoms with Gasteiger partial charge in [-0.05, 0) is 52.7 Å². The van der Waals surface area contributed by atoms with E-state index in [4.69, 9.17) is 5.26 Å². The molecule has 20 heavy (non-hydrogen) atoms. The van der Waals surface area contributed by atoms with E-state index in [1.165, 1.54) is 0 Å². The second-order valence-electron chi connectivity index (χ2n) is 4.14. The maximum atomic E-state index is 12.2. The molecular weight excluding hydrogens is 360 g/mol. The average molecular weight is 371 g/mol. The van der Waals surface area contributed by atoms with E-state index in [-0.39, 0.29) is 10.3 Å². The maximum Gasteiger partial charge on any atom is 0.250 e. The number of sulfonamides is 1. The second-order valence-corrected chi connectivity index (χ2v) is 8.54. The van der Waals surface area contributed by atoms with Gasteiger partial charge in [0.05, 0.1) is 15.4 Å². The molecule has 1 aromatic heterocycles. The Bertz CT molecular complexity index is 745. The highest BCUT2D eigenvalue weighted by molar-refractivity contribution is 9.11. The first-order valence-corrected chi connectivity index (χ1v) is 8.79. The Labute approximate surface area is 130 Å². The first-order valence-electron chi connectivity index (χ1n) is 5.70. The molecule has 0 aliphatic rings. The summed E-state index contributed by atoms with van der Waals surface area (Å²) in [7, 11) is -3.53. The van der Waals surface area contributed by atoms with Crippen LogP contribution in [0.1, 0.15) is 24.1 Å². The van der Waals surface area contributed by atoms with E-state index in [1.54, 1.807) is 43.3 Å². The Balaban J connectivity index is 2.18. The molecule has 0 spiro atoms. The molecule has 2 rings (SSSR count). The minimum Gasteiger partial charge on any atom is -0.206 e. The number of hydrogen-bond donors (Lipinski definition) is 1. The number of rotatable bonds is 4. The Morgan fingerprint density at radius 2 is 1.90 bits per heavy atom. The number of nitriles is 1. The molecular formula is C13H11BrN2O2S2. The summed E-state index contributed by atoms with van der Waals surface area (Å²) in [6.45, 7) is 1.77. The zero-order chi connectivity index (χ0) is 14.8. The van der Waals surface area contributed by atoms with Crippen LogP contribution in [0.2, 0.25) is 0 Å². The molecule has 0 bridgehead atoms. The van der Waals surface area contributed by atoms with Gasteiger partial charge in [0.25, 0.3) is 10.0 Å². The molecule has 0 amide bonds. The molecule has 104 valence electrons. The maximum absolute atomic E-state index is 12.2. The van der Waals surface area contributed by atoms with Gasteiger partial charge in [0.15, 0.2) is 0 Å². The van der Waals surface area contributed by atoms with Crippen LogP contribution in [0.5, 0.6) is 0 Å². The van der Waals surface area contributed by atoms with Gasteiger partial charge in [0, 0.05) is 6.04 Å². The van der Waals surface area contributed by atoms with Gasteiger partial charge in [-0.15, -0.1) is 11.3 Å². The SMILES string of the molecule is CC(NS(=O)(=O)c1ccc(Br)s1)c1ccc(C#N)cc1. The van der Waals surface area contributed by atoms with Gasteiger partial charge in [0.1, 0.15) is 4.21 Å². The van der Waals surface area contributed by atoms with Crippen LogP contribution < -0.4 is 4.72 Å². The molecule has 1 N–H and O–H groups in total. The molecule has 1 heterocycles. The van der Waals surface area contributed by atoms with E-state index in [0.717, 1.165) is 20.7 Å². The largest absolute Gasteiger partial charge is 0.250 e. The summed E-state index contributed by atoms with van der Waals surface area (Å²) in [5.74, 6) is 0. The van der Waals surface area contributed by atoms with E-state index >= 15 is 0 Å². The summed E-state index contributed by atoms with van der Waals surface area (Å²) < 4.78 is 28.0. The Morgan fingerprint density at radius 1 is 1.25 bits per heavy atom. The minimum absolute atomic E-state index is 0.268. The summed E-state index contributed by atoms with van der Waals surface area (Å²) in [6.07, 6.45) is 0. The fraction of sp³-hybridized carbons (Fsp3) is 0.154. The van der Waals surface area contributed by atoms with Crippen molar-refractivity contribution in [1.29, 1.82) is 5.26 Å². The Kier molecular flexibility index (Phi) is 4.60. The Hall–Kier alpha value is -1.20. The minimum atomic E-state index is -3.53.